The summed E-state index contributed by atoms with van der Waals surface area (Å²) in [6, 6.07) is 14.1. The molecule has 2 aromatic carbocycles. The number of rotatable bonds is 8. The molecule has 2 aliphatic rings. The summed E-state index contributed by atoms with van der Waals surface area (Å²) in [4.78, 5) is 30.3. The Balaban J connectivity index is 1.65. The Labute approximate surface area is 229 Å². The van der Waals surface area contributed by atoms with Crippen LogP contribution in [0.5, 0.6) is 0 Å². The van der Waals surface area contributed by atoms with Crippen LogP contribution in [0.2, 0.25) is 5.02 Å². The number of piperazine rings is 1. The van der Waals surface area contributed by atoms with Gasteiger partial charge in [0.05, 0.1) is 23.1 Å². The molecule has 4 rings (SSSR count). The average molecular weight is 561 g/mol. The maximum atomic E-state index is 13.3. The number of halogens is 1. The monoisotopic (exact) mass is 560 g/mol. The first-order chi connectivity index (χ1) is 18.2. The van der Waals surface area contributed by atoms with Gasteiger partial charge in [0.1, 0.15) is 0 Å². The summed E-state index contributed by atoms with van der Waals surface area (Å²) >= 11 is 6.07. The van der Waals surface area contributed by atoms with Gasteiger partial charge in [-0.3, -0.25) is 9.80 Å². The van der Waals surface area contributed by atoms with Gasteiger partial charge in [0.15, 0.2) is 0 Å². The van der Waals surface area contributed by atoms with E-state index in [1.165, 1.54) is 4.31 Å². The van der Waals surface area contributed by atoms with E-state index in [-0.39, 0.29) is 23.6 Å². The molecule has 0 saturated carbocycles. The SMILES string of the molecule is CCOC(=O)C1=C(CN2CCN(S(=O)(=O)c3ccccc3)[C@@H](C)C2)N(CC)C(=O)N[C@@H]1c1ccc(Cl)cc1. The van der Waals surface area contributed by atoms with E-state index in [0.29, 0.717) is 54.6 Å². The molecule has 0 bridgehead atoms. The maximum absolute atomic E-state index is 13.3. The third-order valence-corrected chi connectivity index (χ3v) is 9.11. The molecule has 2 heterocycles. The lowest BCUT2D eigenvalue weighted by atomic mass is 9.94. The zero-order valence-corrected chi connectivity index (χ0v) is 23.3. The van der Waals surface area contributed by atoms with E-state index in [9.17, 15) is 18.0 Å². The summed E-state index contributed by atoms with van der Waals surface area (Å²) in [5.41, 5.74) is 1.63. The summed E-state index contributed by atoms with van der Waals surface area (Å²) in [7, 11) is -3.64. The molecule has 0 radical (unpaired) electrons. The number of hydrogen-bond acceptors (Lipinski definition) is 6. The lowest BCUT2D eigenvalue weighted by molar-refractivity contribution is -0.139. The van der Waals surface area contributed by atoms with E-state index in [1.54, 1.807) is 66.4 Å². The number of sulfonamides is 1. The molecule has 204 valence electrons. The molecule has 0 aromatic heterocycles. The zero-order chi connectivity index (χ0) is 27.4. The number of hydrogen-bond donors (Lipinski definition) is 1. The van der Waals surface area contributed by atoms with Crippen LogP contribution in [0, 0.1) is 0 Å². The third kappa shape index (κ3) is 5.73. The molecule has 2 amide bonds. The summed E-state index contributed by atoms with van der Waals surface area (Å²) in [5.74, 6) is -0.501. The highest BCUT2D eigenvalue weighted by Crippen LogP contribution is 2.33. The van der Waals surface area contributed by atoms with Gasteiger partial charge in [0.25, 0.3) is 0 Å². The van der Waals surface area contributed by atoms with Gasteiger partial charge >= 0.3 is 12.0 Å². The molecule has 0 spiro atoms. The van der Waals surface area contributed by atoms with Crippen molar-refractivity contribution in [2.75, 3.05) is 39.3 Å². The lowest BCUT2D eigenvalue weighted by Crippen LogP contribution is -2.56. The highest BCUT2D eigenvalue weighted by atomic mass is 35.5. The smallest absolute Gasteiger partial charge is 0.338 e. The largest absolute Gasteiger partial charge is 0.463 e. The molecule has 38 heavy (non-hydrogen) atoms. The number of carbonyl (C=O) groups excluding carboxylic acids is 2. The Morgan fingerprint density at radius 3 is 2.37 bits per heavy atom. The second kappa shape index (κ2) is 11.9. The van der Waals surface area contributed by atoms with Crippen LogP contribution < -0.4 is 5.32 Å². The first-order valence-electron chi connectivity index (χ1n) is 12.7. The predicted octanol–water partition coefficient (Wildman–Crippen LogP) is 3.64. The van der Waals surface area contributed by atoms with Crippen molar-refractivity contribution in [2.45, 2.75) is 37.8 Å². The van der Waals surface area contributed by atoms with Crippen LogP contribution >= 0.6 is 11.6 Å². The molecule has 2 atom stereocenters. The van der Waals surface area contributed by atoms with E-state index in [0.717, 1.165) is 0 Å². The van der Waals surface area contributed by atoms with E-state index in [1.807, 2.05) is 13.8 Å². The fourth-order valence-corrected chi connectivity index (χ4v) is 6.78. The predicted molar refractivity (Wildman–Crippen MR) is 145 cm³/mol. The number of carbonyl (C=O) groups is 2. The highest BCUT2D eigenvalue weighted by Gasteiger charge is 2.40. The van der Waals surface area contributed by atoms with Gasteiger partial charge in [-0.2, -0.15) is 4.31 Å². The zero-order valence-electron chi connectivity index (χ0n) is 21.8. The van der Waals surface area contributed by atoms with E-state index in [2.05, 4.69) is 10.2 Å². The highest BCUT2D eigenvalue weighted by molar-refractivity contribution is 7.89. The number of esters is 1. The van der Waals surface area contributed by atoms with Gasteiger partial charge in [-0.1, -0.05) is 41.9 Å². The normalized spacial score (nSPS) is 21.4. The first-order valence-corrected chi connectivity index (χ1v) is 14.5. The van der Waals surface area contributed by atoms with E-state index >= 15 is 0 Å². The van der Waals surface area contributed by atoms with Crippen molar-refractivity contribution in [2.24, 2.45) is 0 Å². The number of likely N-dealkylation sites (N-methyl/N-ethyl adjacent to an activating group) is 1. The first kappa shape index (κ1) is 28.1. The summed E-state index contributed by atoms with van der Waals surface area (Å²) in [5, 5.41) is 3.49. The minimum absolute atomic E-state index is 0.191. The second-order valence-corrected chi connectivity index (χ2v) is 11.6. The van der Waals surface area contributed by atoms with Crippen molar-refractivity contribution in [3.05, 3.63) is 76.5 Å². The van der Waals surface area contributed by atoms with Crippen LogP contribution in [-0.2, 0) is 19.6 Å². The van der Waals surface area contributed by atoms with Crippen molar-refractivity contribution in [1.29, 1.82) is 0 Å². The molecule has 1 N–H and O–H groups in total. The van der Waals surface area contributed by atoms with Crippen LogP contribution in [0.4, 0.5) is 4.79 Å². The quantitative estimate of drug-likeness (QED) is 0.495. The van der Waals surface area contributed by atoms with Crippen LogP contribution in [0.1, 0.15) is 32.4 Å². The number of amides is 2. The van der Waals surface area contributed by atoms with Crippen molar-refractivity contribution in [3.8, 4) is 0 Å². The molecule has 1 fully saturated rings. The van der Waals surface area contributed by atoms with Crippen molar-refractivity contribution >= 4 is 33.6 Å². The molecule has 9 nitrogen and oxygen atoms in total. The Hall–Kier alpha value is -2.92. The number of urea groups is 1. The van der Waals surface area contributed by atoms with Gasteiger partial charge in [-0.25, -0.2) is 18.0 Å². The van der Waals surface area contributed by atoms with Crippen LogP contribution in [-0.4, -0.2) is 79.9 Å². The summed E-state index contributed by atoms with van der Waals surface area (Å²) in [6.07, 6.45) is 0. The number of ether oxygens (including phenoxy) is 1. The Bertz CT molecular complexity index is 1300. The molecular formula is C27H33ClN4O5S. The minimum atomic E-state index is -3.64. The van der Waals surface area contributed by atoms with Crippen LogP contribution in [0.25, 0.3) is 0 Å². The van der Waals surface area contributed by atoms with Gasteiger partial charge in [0.2, 0.25) is 10.0 Å². The van der Waals surface area contributed by atoms with Crippen molar-refractivity contribution in [3.63, 3.8) is 0 Å². The van der Waals surface area contributed by atoms with E-state index in [4.69, 9.17) is 16.3 Å². The van der Waals surface area contributed by atoms with Gasteiger partial charge in [0, 0.05) is 49.5 Å². The van der Waals surface area contributed by atoms with Crippen molar-refractivity contribution in [1.82, 2.24) is 19.4 Å². The fraction of sp³-hybridized carbons (Fsp3) is 0.407. The minimum Gasteiger partial charge on any atom is -0.463 e. The number of nitrogens with one attached hydrogen (secondary N) is 1. The summed E-state index contributed by atoms with van der Waals surface area (Å²) < 4.78 is 33.4. The Kier molecular flexibility index (Phi) is 8.77. The van der Waals surface area contributed by atoms with Gasteiger partial charge < -0.3 is 10.1 Å². The molecular weight excluding hydrogens is 528 g/mol. The van der Waals surface area contributed by atoms with Gasteiger partial charge in [-0.05, 0) is 50.6 Å². The van der Waals surface area contributed by atoms with Crippen LogP contribution in [0.3, 0.4) is 0 Å². The average Bonchev–Trinajstić information content (AvgIpc) is 2.89. The van der Waals surface area contributed by atoms with E-state index < -0.39 is 22.0 Å². The molecule has 0 aliphatic carbocycles. The summed E-state index contributed by atoms with van der Waals surface area (Å²) in [6.45, 7) is 7.47. The lowest BCUT2D eigenvalue weighted by Gasteiger charge is -2.42. The molecule has 1 saturated heterocycles. The second-order valence-electron chi connectivity index (χ2n) is 9.27. The Morgan fingerprint density at radius 1 is 1.08 bits per heavy atom. The molecule has 11 heteroatoms. The van der Waals surface area contributed by atoms with Crippen molar-refractivity contribution < 1.29 is 22.7 Å². The topological polar surface area (TPSA) is 99.3 Å². The van der Waals surface area contributed by atoms with Crippen LogP contribution in [0.15, 0.2) is 70.8 Å². The number of benzene rings is 2. The third-order valence-electron chi connectivity index (χ3n) is 6.83. The standard InChI is InChI=1S/C27H33ClN4O5S/c1-4-31-23(18-30-15-16-32(19(3)17-30)38(35,36)22-9-7-6-8-10-22)24(26(33)37-5-2)25(29-27(31)34)20-11-13-21(28)14-12-20/h6-14,19,25H,4-5,15-18H2,1-3H3,(H,29,34)/t19-,25+/m0/s1. The molecule has 2 aromatic rings. The van der Waals surface area contributed by atoms with Gasteiger partial charge in [-0.15, -0.1) is 0 Å². The number of nitrogens with zero attached hydrogens (tertiary/aromatic N) is 3. The maximum Gasteiger partial charge on any atom is 0.338 e. The fourth-order valence-electron chi connectivity index (χ4n) is 5.02. The Morgan fingerprint density at radius 2 is 1.76 bits per heavy atom. The molecule has 0 unspecified atom stereocenters. The molecule has 2 aliphatic heterocycles.